The van der Waals surface area contributed by atoms with Crippen LogP contribution in [0.1, 0.15) is 61.9 Å². The summed E-state index contributed by atoms with van der Waals surface area (Å²) in [5.41, 5.74) is 4.52. The highest BCUT2D eigenvalue weighted by atomic mass is 16.5. The first-order valence-electron chi connectivity index (χ1n) is 11.3. The van der Waals surface area contributed by atoms with Gasteiger partial charge in [0.15, 0.2) is 0 Å². The third-order valence-electron chi connectivity index (χ3n) is 5.19. The molecule has 1 heterocycles. The second-order valence-electron chi connectivity index (χ2n) is 7.77. The number of benzene rings is 2. The van der Waals surface area contributed by atoms with Crippen molar-refractivity contribution < 1.29 is 9.53 Å². The maximum absolute atomic E-state index is 12.6. The summed E-state index contributed by atoms with van der Waals surface area (Å²) in [5.74, 6) is 0.697. The van der Waals surface area contributed by atoms with Gasteiger partial charge in [-0.15, -0.1) is 0 Å². The van der Waals surface area contributed by atoms with Crippen LogP contribution in [0.2, 0.25) is 0 Å². The molecule has 0 saturated carbocycles. The number of hydrogen-bond donors (Lipinski definition) is 1. The molecule has 0 unspecified atom stereocenters. The topological polar surface area (TPSA) is 51.2 Å². The molecular formula is C27H32N2O2. The molecule has 1 N–H and O–H groups in total. The zero-order valence-corrected chi connectivity index (χ0v) is 18.6. The van der Waals surface area contributed by atoms with Gasteiger partial charge in [0.1, 0.15) is 5.75 Å². The third kappa shape index (κ3) is 6.95. The van der Waals surface area contributed by atoms with Crippen LogP contribution in [0.5, 0.6) is 5.75 Å². The van der Waals surface area contributed by atoms with Crippen molar-refractivity contribution >= 4 is 11.6 Å². The van der Waals surface area contributed by atoms with Crippen molar-refractivity contribution in [3.8, 4) is 17.0 Å². The van der Waals surface area contributed by atoms with E-state index in [1.165, 1.54) is 24.8 Å². The molecule has 3 aromatic rings. The molecule has 0 radical (unpaired) electrons. The SMILES string of the molecule is CCCCCCOc1ccc(NC(=O)c2ccc(-c3ccc(CCC)cn3)cc2)cc1. The highest BCUT2D eigenvalue weighted by Crippen LogP contribution is 2.20. The number of aromatic nitrogens is 1. The molecule has 4 heteroatoms. The van der Waals surface area contributed by atoms with Gasteiger partial charge in [-0.1, -0.05) is 57.7 Å². The normalized spacial score (nSPS) is 10.6. The van der Waals surface area contributed by atoms with Crippen molar-refractivity contribution in [3.63, 3.8) is 0 Å². The first-order valence-corrected chi connectivity index (χ1v) is 11.3. The van der Waals surface area contributed by atoms with E-state index in [9.17, 15) is 4.79 Å². The van der Waals surface area contributed by atoms with Crippen LogP contribution < -0.4 is 10.1 Å². The number of pyridine rings is 1. The van der Waals surface area contributed by atoms with Crippen LogP contribution in [0.4, 0.5) is 5.69 Å². The maximum atomic E-state index is 12.6. The second-order valence-corrected chi connectivity index (χ2v) is 7.77. The van der Waals surface area contributed by atoms with Crippen LogP contribution in [-0.2, 0) is 6.42 Å². The van der Waals surface area contributed by atoms with Crippen LogP contribution in [0.25, 0.3) is 11.3 Å². The minimum atomic E-state index is -0.133. The first kappa shape index (κ1) is 22.5. The quantitative estimate of drug-likeness (QED) is 0.345. The lowest BCUT2D eigenvalue weighted by Crippen LogP contribution is -2.11. The molecule has 1 aromatic heterocycles. The molecule has 162 valence electrons. The molecule has 31 heavy (non-hydrogen) atoms. The number of unbranched alkanes of at least 4 members (excludes halogenated alkanes) is 3. The summed E-state index contributed by atoms with van der Waals surface area (Å²) in [6.45, 7) is 5.09. The summed E-state index contributed by atoms with van der Waals surface area (Å²) >= 11 is 0. The monoisotopic (exact) mass is 416 g/mol. The molecule has 0 aliphatic rings. The van der Waals surface area contributed by atoms with Crippen molar-refractivity contribution in [2.45, 2.75) is 52.4 Å². The van der Waals surface area contributed by atoms with E-state index < -0.39 is 0 Å². The second kappa shape index (κ2) is 11.9. The van der Waals surface area contributed by atoms with Crippen LogP contribution >= 0.6 is 0 Å². The van der Waals surface area contributed by atoms with Gasteiger partial charge in [-0.3, -0.25) is 9.78 Å². The first-order chi connectivity index (χ1) is 15.2. The van der Waals surface area contributed by atoms with Crippen molar-refractivity contribution in [1.29, 1.82) is 0 Å². The molecule has 0 spiro atoms. The van der Waals surface area contributed by atoms with Gasteiger partial charge < -0.3 is 10.1 Å². The molecule has 0 aliphatic carbocycles. The fourth-order valence-electron chi connectivity index (χ4n) is 3.38. The number of nitrogens with zero attached hydrogens (tertiary/aromatic N) is 1. The zero-order valence-electron chi connectivity index (χ0n) is 18.6. The Labute approximate surface area is 185 Å². The molecule has 1 amide bonds. The lowest BCUT2D eigenvalue weighted by atomic mass is 10.1. The number of rotatable bonds is 11. The van der Waals surface area contributed by atoms with Gasteiger partial charge in [0.2, 0.25) is 0 Å². The van der Waals surface area contributed by atoms with Crippen LogP contribution in [-0.4, -0.2) is 17.5 Å². The summed E-state index contributed by atoms with van der Waals surface area (Å²) in [6.07, 6.45) is 8.82. The van der Waals surface area contributed by atoms with Crippen LogP contribution in [0.15, 0.2) is 66.9 Å². The summed E-state index contributed by atoms with van der Waals surface area (Å²) in [6, 6.07) is 19.2. The van der Waals surface area contributed by atoms with Crippen molar-refractivity contribution in [1.82, 2.24) is 4.98 Å². The number of hydrogen-bond acceptors (Lipinski definition) is 3. The van der Waals surface area contributed by atoms with Gasteiger partial charge in [0.25, 0.3) is 5.91 Å². The molecule has 0 fully saturated rings. The average Bonchev–Trinajstić information content (AvgIpc) is 2.81. The average molecular weight is 417 g/mol. The Morgan fingerprint density at radius 3 is 2.29 bits per heavy atom. The fraction of sp³-hybridized carbons (Fsp3) is 0.333. The maximum Gasteiger partial charge on any atom is 0.255 e. The van der Waals surface area contributed by atoms with Crippen molar-refractivity contribution in [2.24, 2.45) is 0 Å². The Kier molecular flexibility index (Phi) is 8.65. The number of aryl methyl sites for hydroxylation is 1. The highest BCUT2D eigenvalue weighted by Gasteiger charge is 2.08. The minimum Gasteiger partial charge on any atom is -0.494 e. The number of ether oxygens (including phenoxy) is 1. The van der Waals surface area contributed by atoms with Crippen LogP contribution in [0.3, 0.4) is 0 Å². The molecule has 2 aromatic carbocycles. The van der Waals surface area contributed by atoms with E-state index in [-0.39, 0.29) is 5.91 Å². The van der Waals surface area contributed by atoms with Gasteiger partial charge >= 0.3 is 0 Å². The van der Waals surface area contributed by atoms with E-state index in [0.717, 1.165) is 48.6 Å². The van der Waals surface area contributed by atoms with E-state index >= 15 is 0 Å². The number of anilines is 1. The van der Waals surface area contributed by atoms with E-state index in [2.05, 4.69) is 30.2 Å². The van der Waals surface area contributed by atoms with Crippen LogP contribution in [0, 0.1) is 0 Å². The van der Waals surface area contributed by atoms with Gasteiger partial charge in [-0.25, -0.2) is 0 Å². The largest absolute Gasteiger partial charge is 0.494 e. The standard InChI is InChI=1S/C27H32N2O2/c1-3-5-6-7-19-31-25-16-14-24(15-17-25)29-27(30)23-12-10-22(11-13-23)26-18-9-21(8-4-2)20-28-26/h9-18,20H,3-8,19H2,1-2H3,(H,29,30). The molecule has 0 atom stereocenters. The summed E-state index contributed by atoms with van der Waals surface area (Å²) in [5, 5.41) is 2.94. The van der Waals surface area contributed by atoms with E-state index in [4.69, 9.17) is 4.74 Å². The van der Waals surface area contributed by atoms with Gasteiger partial charge in [-0.2, -0.15) is 0 Å². The predicted octanol–water partition coefficient (Wildman–Crippen LogP) is 6.91. The molecule has 0 aliphatic heterocycles. The number of nitrogens with one attached hydrogen (secondary N) is 1. The number of amides is 1. The molecule has 0 saturated heterocycles. The Bertz CT molecular complexity index is 932. The Balaban J connectivity index is 1.53. The van der Waals surface area contributed by atoms with E-state index in [0.29, 0.717) is 5.56 Å². The highest BCUT2D eigenvalue weighted by molar-refractivity contribution is 6.04. The Hall–Kier alpha value is -3.14. The number of carbonyl (C=O) groups is 1. The molecular weight excluding hydrogens is 384 g/mol. The number of carbonyl (C=O) groups excluding carboxylic acids is 1. The Morgan fingerprint density at radius 1 is 0.871 bits per heavy atom. The van der Waals surface area contributed by atoms with Crippen molar-refractivity contribution in [3.05, 3.63) is 78.0 Å². The third-order valence-corrected chi connectivity index (χ3v) is 5.19. The summed E-state index contributed by atoms with van der Waals surface area (Å²) in [4.78, 5) is 17.1. The fourth-order valence-corrected chi connectivity index (χ4v) is 3.38. The molecule has 3 rings (SSSR count). The predicted molar refractivity (Wildman–Crippen MR) is 128 cm³/mol. The minimum absolute atomic E-state index is 0.133. The van der Waals surface area contributed by atoms with E-state index in [1.807, 2.05) is 60.8 Å². The van der Waals surface area contributed by atoms with Gasteiger partial charge in [0.05, 0.1) is 12.3 Å². The van der Waals surface area contributed by atoms with E-state index in [1.54, 1.807) is 0 Å². The lowest BCUT2D eigenvalue weighted by molar-refractivity contribution is 0.102. The Morgan fingerprint density at radius 2 is 1.65 bits per heavy atom. The van der Waals surface area contributed by atoms with Gasteiger partial charge in [0, 0.05) is 23.0 Å². The van der Waals surface area contributed by atoms with Crippen molar-refractivity contribution in [2.75, 3.05) is 11.9 Å². The zero-order chi connectivity index (χ0) is 21.9. The smallest absolute Gasteiger partial charge is 0.255 e. The molecule has 0 bridgehead atoms. The summed E-state index contributed by atoms with van der Waals surface area (Å²) < 4.78 is 5.75. The molecule has 4 nitrogen and oxygen atoms in total. The van der Waals surface area contributed by atoms with Gasteiger partial charge in [-0.05, 0) is 60.9 Å². The lowest BCUT2D eigenvalue weighted by Gasteiger charge is -2.09. The summed E-state index contributed by atoms with van der Waals surface area (Å²) in [7, 11) is 0.